The number of carbonyl (C=O) groups excluding carboxylic acids is 1. The molecule has 4 nitrogen and oxygen atoms in total. The number of hydrogen-bond donors (Lipinski definition) is 1. The third kappa shape index (κ3) is 2.47. The number of carbonyl (C=O) groups is 1. The first kappa shape index (κ1) is 13.9. The second kappa shape index (κ2) is 5.37. The maximum absolute atomic E-state index is 12.3. The van der Waals surface area contributed by atoms with Gasteiger partial charge in [-0.2, -0.15) is 0 Å². The van der Waals surface area contributed by atoms with E-state index in [1.165, 1.54) is 0 Å². The van der Waals surface area contributed by atoms with Gasteiger partial charge in [0.05, 0.1) is 5.56 Å². The highest BCUT2D eigenvalue weighted by molar-refractivity contribution is 6.33. The van der Waals surface area contributed by atoms with Crippen LogP contribution in [-0.4, -0.2) is 17.0 Å². The van der Waals surface area contributed by atoms with Gasteiger partial charge in [0, 0.05) is 23.4 Å². The average molecular weight is 303 g/mol. The SMILES string of the molecule is C[C@@H]1Oc2cccc(NC(=O)c3cccnc3Cl)c2[C@@H]1C. The number of anilines is 1. The summed E-state index contributed by atoms with van der Waals surface area (Å²) in [5.74, 6) is 0.777. The Morgan fingerprint density at radius 3 is 2.86 bits per heavy atom. The van der Waals surface area contributed by atoms with Gasteiger partial charge < -0.3 is 10.1 Å². The van der Waals surface area contributed by atoms with Crippen LogP contribution in [0, 0.1) is 0 Å². The summed E-state index contributed by atoms with van der Waals surface area (Å²) in [6.45, 7) is 4.11. The normalized spacial score (nSPS) is 19.8. The second-order valence-corrected chi connectivity index (χ2v) is 5.48. The molecular weight excluding hydrogens is 288 g/mol. The molecule has 3 rings (SSSR count). The summed E-state index contributed by atoms with van der Waals surface area (Å²) in [5, 5.41) is 3.10. The van der Waals surface area contributed by atoms with Crippen LogP contribution >= 0.6 is 11.6 Å². The van der Waals surface area contributed by atoms with Gasteiger partial charge in [0.15, 0.2) is 0 Å². The van der Waals surface area contributed by atoms with Crippen molar-refractivity contribution >= 4 is 23.2 Å². The lowest BCUT2D eigenvalue weighted by molar-refractivity contribution is 0.102. The van der Waals surface area contributed by atoms with Crippen molar-refractivity contribution in [3.05, 3.63) is 52.8 Å². The van der Waals surface area contributed by atoms with Gasteiger partial charge in [-0.25, -0.2) is 4.98 Å². The molecule has 0 saturated carbocycles. The minimum Gasteiger partial charge on any atom is -0.490 e. The molecule has 2 heterocycles. The van der Waals surface area contributed by atoms with Crippen LogP contribution < -0.4 is 10.1 Å². The molecule has 1 N–H and O–H groups in total. The standard InChI is InChI=1S/C16H15ClN2O2/c1-9-10(2)21-13-7-3-6-12(14(9)13)19-16(20)11-5-4-8-18-15(11)17/h3-10H,1-2H3,(H,19,20)/t9-,10+/m1/s1. The Hall–Kier alpha value is -2.07. The topological polar surface area (TPSA) is 51.2 Å². The predicted molar refractivity (Wildman–Crippen MR) is 82.1 cm³/mol. The number of ether oxygens (including phenoxy) is 1. The zero-order chi connectivity index (χ0) is 15.0. The van der Waals surface area contributed by atoms with Crippen LogP contribution in [0.3, 0.4) is 0 Å². The summed E-state index contributed by atoms with van der Waals surface area (Å²) < 4.78 is 5.78. The summed E-state index contributed by atoms with van der Waals surface area (Å²) in [5.41, 5.74) is 2.14. The quantitative estimate of drug-likeness (QED) is 0.857. The zero-order valence-electron chi connectivity index (χ0n) is 11.8. The van der Waals surface area contributed by atoms with E-state index in [0.717, 1.165) is 17.0 Å². The Morgan fingerprint density at radius 2 is 2.10 bits per heavy atom. The van der Waals surface area contributed by atoms with E-state index < -0.39 is 0 Å². The Balaban J connectivity index is 1.92. The molecule has 0 unspecified atom stereocenters. The summed E-state index contributed by atoms with van der Waals surface area (Å²) in [7, 11) is 0. The summed E-state index contributed by atoms with van der Waals surface area (Å²) >= 11 is 5.96. The lowest BCUT2D eigenvalue weighted by Gasteiger charge is -2.12. The van der Waals surface area contributed by atoms with E-state index in [1.807, 2.05) is 25.1 Å². The lowest BCUT2D eigenvalue weighted by Crippen LogP contribution is -2.15. The number of rotatable bonds is 2. The number of aromatic nitrogens is 1. The minimum absolute atomic E-state index is 0.0973. The van der Waals surface area contributed by atoms with Crippen LogP contribution in [0.4, 0.5) is 5.69 Å². The van der Waals surface area contributed by atoms with Crippen LogP contribution in [0.25, 0.3) is 0 Å². The maximum Gasteiger partial charge on any atom is 0.258 e. The van der Waals surface area contributed by atoms with Gasteiger partial charge in [-0.05, 0) is 31.2 Å². The molecule has 2 aromatic rings. The van der Waals surface area contributed by atoms with E-state index in [-0.39, 0.29) is 23.1 Å². The highest BCUT2D eigenvalue weighted by Crippen LogP contribution is 2.42. The molecule has 5 heteroatoms. The molecule has 0 saturated heterocycles. The van der Waals surface area contributed by atoms with Crippen LogP contribution in [0.2, 0.25) is 5.15 Å². The molecule has 1 aliphatic rings. The van der Waals surface area contributed by atoms with Gasteiger partial charge >= 0.3 is 0 Å². The largest absolute Gasteiger partial charge is 0.490 e. The van der Waals surface area contributed by atoms with Crippen molar-refractivity contribution in [2.24, 2.45) is 0 Å². The molecule has 0 fully saturated rings. The minimum atomic E-state index is -0.270. The summed E-state index contributed by atoms with van der Waals surface area (Å²) in [6, 6.07) is 8.99. The van der Waals surface area contributed by atoms with Crippen molar-refractivity contribution in [2.45, 2.75) is 25.9 Å². The highest BCUT2D eigenvalue weighted by Gasteiger charge is 2.30. The lowest BCUT2D eigenvalue weighted by atomic mass is 9.96. The third-order valence-electron chi connectivity index (χ3n) is 3.79. The van der Waals surface area contributed by atoms with E-state index >= 15 is 0 Å². The van der Waals surface area contributed by atoms with Gasteiger partial charge in [0.25, 0.3) is 5.91 Å². The first-order valence-corrected chi connectivity index (χ1v) is 7.17. The molecule has 1 aromatic carbocycles. The molecule has 0 spiro atoms. The van der Waals surface area contributed by atoms with Gasteiger partial charge in [-0.15, -0.1) is 0 Å². The number of pyridine rings is 1. The molecular formula is C16H15ClN2O2. The van der Waals surface area contributed by atoms with Crippen molar-refractivity contribution in [2.75, 3.05) is 5.32 Å². The van der Waals surface area contributed by atoms with Crippen LogP contribution in [0.5, 0.6) is 5.75 Å². The number of fused-ring (bicyclic) bond motifs is 1. The Labute approximate surface area is 128 Å². The van der Waals surface area contributed by atoms with Crippen LogP contribution in [-0.2, 0) is 0 Å². The fraction of sp³-hybridized carbons (Fsp3) is 0.250. The van der Waals surface area contributed by atoms with E-state index in [2.05, 4.69) is 17.2 Å². The molecule has 0 bridgehead atoms. The molecule has 1 aliphatic heterocycles. The zero-order valence-corrected chi connectivity index (χ0v) is 12.5. The summed E-state index contributed by atoms with van der Waals surface area (Å²) in [6.07, 6.45) is 1.65. The number of hydrogen-bond acceptors (Lipinski definition) is 3. The Kier molecular flexibility index (Phi) is 3.55. The van der Waals surface area contributed by atoms with E-state index in [0.29, 0.717) is 5.56 Å². The predicted octanol–water partition coefficient (Wildman–Crippen LogP) is 3.87. The van der Waals surface area contributed by atoms with Gasteiger partial charge in [-0.3, -0.25) is 4.79 Å². The first-order valence-electron chi connectivity index (χ1n) is 6.79. The molecule has 0 radical (unpaired) electrons. The van der Waals surface area contributed by atoms with E-state index in [1.54, 1.807) is 18.3 Å². The molecule has 1 aromatic heterocycles. The summed E-state index contributed by atoms with van der Waals surface area (Å²) in [4.78, 5) is 16.3. The number of nitrogens with one attached hydrogen (secondary N) is 1. The first-order chi connectivity index (χ1) is 10.1. The van der Waals surface area contributed by atoms with Crippen molar-refractivity contribution in [1.29, 1.82) is 0 Å². The van der Waals surface area contributed by atoms with E-state index in [4.69, 9.17) is 16.3 Å². The number of nitrogens with zero attached hydrogens (tertiary/aromatic N) is 1. The molecule has 0 aliphatic carbocycles. The molecule has 21 heavy (non-hydrogen) atoms. The molecule has 2 atom stereocenters. The van der Waals surface area contributed by atoms with Crippen molar-refractivity contribution in [3.63, 3.8) is 0 Å². The second-order valence-electron chi connectivity index (χ2n) is 5.12. The van der Waals surface area contributed by atoms with Crippen LogP contribution in [0.1, 0.15) is 35.7 Å². The van der Waals surface area contributed by atoms with Gasteiger partial charge in [0.1, 0.15) is 17.0 Å². The maximum atomic E-state index is 12.3. The van der Waals surface area contributed by atoms with Gasteiger partial charge in [-0.1, -0.05) is 24.6 Å². The van der Waals surface area contributed by atoms with E-state index in [9.17, 15) is 4.79 Å². The number of halogens is 1. The van der Waals surface area contributed by atoms with Crippen LogP contribution in [0.15, 0.2) is 36.5 Å². The monoisotopic (exact) mass is 302 g/mol. The van der Waals surface area contributed by atoms with Gasteiger partial charge in [0.2, 0.25) is 0 Å². The Bertz CT molecular complexity index is 702. The molecule has 108 valence electrons. The third-order valence-corrected chi connectivity index (χ3v) is 4.09. The molecule has 1 amide bonds. The fourth-order valence-electron chi connectivity index (χ4n) is 2.51. The van der Waals surface area contributed by atoms with Crippen molar-refractivity contribution in [1.82, 2.24) is 4.98 Å². The highest BCUT2D eigenvalue weighted by atomic mass is 35.5. The van der Waals surface area contributed by atoms with Crippen molar-refractivity contribution < 1.29 is 9.53 Å². The Morgan fingerprint density at radius 1 is 1.29 bits per heavy atom. The number of amides is 1. The van der Waals surface area contributed by atoms with Crippen molar-refractivity contribution in [3.8, 4) is 5.75 Å². The number of benzene rings is 1. The average Bonchev–Trinajstić information content (AvgIpc) is 2.75. The smallest absolute Gasteiger partial charge is 0.258 e. The fourth-order valence-corrected chi connectivity index (χ4v) is 2.71.